The van der Waals surface area contributed by atoms with Gasteiger partial charge in [-0.1, -0.05) is 23.7 Å². The van der Waals surface area contributed by atoms with Crippen molar-refractivity contribution >= 4 is 11.6 Å². The van der Waals surface area contributed by atoms with Crippen LogP contribution in [0, 0.1) is 11.7 Å². The zero-order chi connectivity index (χ0) is 14.9. The number of benzene rings is 1. The highest BCUT2D eigenvalue weighted by molar-refractivity contribution is 6.30. The highest BCUT2D eigenvalue weighted by Gasteiger charge is 2.43. The van der Waals surface area contributed by atoms with Crippen LogP contribution >= 0.6 is 11.6 Å². The summed E-state index contributed by atoms with van der Waals surface area (Å²) in [6.45, 7) is 1.98. The zero-order valence-electron chi connectivity index (χ0n) is 11.8. The average Bonchev–Trinajstić information content (AvgIpc) is 2.92. The quantitative estimate of drug-likeness (QED) is 0.665. The topological polar surface area (TPSA) is 56.5 Å². The molecule has 0 aliphatic carbocycles. The molecule has 1 spiro atoms. The number of hydrogen-bond acceptors (Lipinski definition) is 4. The first-order chi connectivity index (χ1) is 10.2. The van der Waals surface area contributed by atoms with Crippen LogP contribution in [0.5, 0.6) is 0 Å². The molecule has 2 saturated heterocycles. The summed E-state index contributed by atoms with van der Waals surface area (Å²) in [7, 11) is 0. The third kappa shape index (κ3) is 2.94. The molecular weight excluding hydrogens is 295 g/mol. The summed E-state index contributed by atoms with van der Waals surface area (Å²) >= 11 is 5.89. The van der Waals surface area contributed by atoms with E-state index < -0.39 is 5.82 Å². The lowest BCUT2D eigenvalue weighted by Gasteiger charge is -2.40. The Balaban J connectivity index is 1.84. The number of halogens is 2. The molecule has 0 amide bonds. The Hall–Kier alpha value is -0.720. The maximum absolute atomic E-state index is 14.3. The summed E-state index contributed by atoms with van der Waals surface area (Å²) in [6.07, 6.45) is 2.54. The minimum Gasteiger partial charge on any atom is -0.378 e. The van der Waals surface area contributed by atoms with E-state index >= 15 is 0 Å². The molecule has 3 unspecified atom stereocenters. The Bertz CT molecular complexity index is 508. The number of nitrogens with one attached hydrogen (secondary N) is 1. The van der Waals surface area contributed by atoms with Gasteiger partial charge >= 0.3 is 0 Å². The average molecular weight is 315 g/mol. The van der Waals surface area contributed by atoms with E-state index in [4.69, 9.17) is 26.9 Å². The fourth-order valence-electron chi connectivity index (χ4n) is 3.45. The molecule has 2 heterocycles. The van der Waals surface area contributed by atoms with Crippen molar-refractivity contribution in [2.75, 3.05) is 19.8 Å². The highest BCUT2D eigenvalue weighted by atomic mass is 35.5. The van der Waals surface area contributed by atoms with E-state index in [1.807, 2.05) is 0 Å². The van der Waals surface area contributed by atoms with Gasteiger partial charge in [-0.25, -0.2) is 4.39 Å². The van der Waals surface area contributed by atoms with Crippen molar-refractivity contribution in [2.24, 2.45) is 11.8 Å². The summed E-state index contributed by atoms with van der Waals surface area (Å²) in [5.41, 5.74) is 3.06. The fourth-order valence-corrected chi connectivity index (χ4v) is 3.64. The molecule has 0 radical (unpaired) electrons. The van der Waals surface area contributed by atoms with Crippen molar-refractivity contribution in [1.29, 1.82) is 0 Å². The van der Waals surface area contributed by atoms with Gasteiger partial charge in [-0.2, -0.15) is 0 Å². The van der Waals surface area contributed by atoms with E-state index in [9.17, 15) is 4.39 Å². The van der Waals surface area contributed by atoms with Gasteiger partial charge in [0.1, 0.15) is 5.82 Å². The molecule has 0 saturated carbocycles. The molecule has 1 aromatic carbocycles. The van der Waals surface area contributed by atoms with E-state index in [1.165, 1.54) is 0 Å². The maximum atomic E-state index is 14.3. The Morgan fingerprint density at radius 1 is 1.43 bits per heavy atom. The number of nitrogens with two attached hydrogens (primary N) is 1. The SMILES string of the molecule is NNC(c1cccc(Cl)c1F)C1CCOC2(CCOC2)C1. The molecule has 3 atom stereocenters. The summed E-state index contributed by atoms with van der Waals surface area (Å²) < 4.78 is 25.7. The lowest BCUT2D eigenvalue weighted by molar-refractivity contribution is -0.103. The molecule has 0 aromatic heterocycles. The second-order valence-corrected chi connectivity index (χ2v) is 6.28. The Labute approximate surface area is 128 Å². The first-order valence-corrected chi connectivity index (χ1v) is 7.65. The molecule has 4 nitrogen and oxygen atoms in total. The largest absolute Gasteiger partial charge is 0.378 e. The lowest BCUT2D eigenvalue weighted by atomic mass is 9.79. The van der Waals surface area contributed by atoms with Gasteiger partial charge in [0.05, 0.1) is 23.3 Å². The van der Waals surface area contributed by atoms with E-state index in [2.05, 4.69) is 5.43 Å². The smallest absolute Gasteiger partial charge is 0.146 e. The molecule has 1 aromatic rings. The minimum absolute atomic E-state index is 0.124. The zero-order valence-corrected chi connectivity index (χ0v) is 12.5. The van der Waals surface area contributed by atoms with Crippen LogP contribution < -0.4 is 11.3 Å². The van der Waals surface area contributed by atoms with Crippen molar-refractivity contribution < 1.29 is 13.9 Å². The van der Waals surface area contributed by atoms with Gasteiger partial charge in [0.2, 0.25) is 0 Å². The van der Waals surface area contributed by atoms with E-state index in [0.717, 1.165) is 25.9 Å². The Morgan fingerprint density at radius 3 is 3.00 bits per heavy atom. The molecule has 2 fully saturated rings. The molecule has 3 rings (SSSR count). The third-order valence-electron chi connectivity index (χ3n) is 4.57. The number of ether oxygens (including phenoxy) is 2. The second kappa shape index (κ2) is 6.18. The number of hydrogen-bond donors (Lipinski definition) is 2. The van der Waals surface area contributed by atoms with Gasteiger partial charge in [0.25, 0.3) is 0 Å². The second-order valence-electron chi connectivity index (χ2n) is 5.87. The van der Waals surface area contributed by atoms with Crippen LogP contribution in [0.4, 0.5) is 4.39 Å². The summed E-state index contributed by atoms with van der Waals surface area (Å²) in [6, 6.07) is 4.76. The molecule has 116 valence electrons. The summed E-state index contributed by atoms with van der Waals surface area (Å²) in [4.78, 5) is 0. The third-order valence-corrected chi connectivity index (χ3v) is 4.86. The molecule has 3 N–H and O–H groups in total. The maximum Gasteiger partial charge on any atom is 0.146 e. The van der Waals surface area contributed by atoms with E-state index in [-0.39, 0.29) is 22.6 Å². The van der Waals surface area contributed by atoms with Crippen molar-refractivity contribution in [3.05, 3.63) is 34.6 Å². The van der Waals surface area contributed by atoms with Gasteiger partial charge in [0, 0.05) is 25.2 Å². The van der Waals surface area contributed by atoms with Crippen molar-refractivity contribution in [2.45, 2.75) is 30.9 Å². The fraction of sp³-hybridized carbons (Fsp3) is 0.600. The molecule has 2 aliphatic heterocycles. The summed E-state index contributed by atoms with van der Waals surface area (Å²) in [5, 5.41) is 0.124. The molecular formula is C15H20ClFN2O2. The van der Waals surface area contributed by atoms with Crippen molar-refractivity contribution in [1.82, 2.24) is 5.43 Å². The molecule has 6 heteroatoms. The van der Waals surface area contributed by atoms with Gasteiger partial charge in [-0.05, 0) is 24.8 Å². The molecule has 21 heavy (non-hydrogen) atoms. The standard InChI is InChI=1S/C15H20ClFN2O2/c16-12-3-1-2-11(13(12)17)14(19-18)10-4-6-21-15(8-10)5-7-20-9-15/h1-3,10,14,19H,4-9,18H2. The van der Waals surface area contributed by atoms with E-state index in [1.54, 1.807) is 18.2 Å². The van der Waals surface area contributed by atoms with Crippen LogP contribution in [-0.2, 0) is 9.47 Å². The number of hydrazine groups is 1. The van der Waals surface area contributed by atoms with Crippen molar-refractivity contribution in [3.63, 3.8) is 0 Å². The summed E-state index contributed by atoms with van der Waals surface area (Å²) in [5.74, 6) is 5.51. The number of rotatable bonds is 3. The van der Waals surface area contributed by atoms with Crippen LogP contribution in [0.25, 0.3) is 0 Å². The molecule has 2 aliphatic rings. The normalized spacial score (nSPS) is 30.7. The molecule has 0 bridgehead atoms. The minimum atomic E-state index is -0.398. The van der Waals surface area contributed by atoms with Crippen LogP contribution in [0.1, 0.15) is 30.9 Å². The van der Waals surface area contributed by atoms with E-state index in [0.29, 0.717) is 18.8 Å². The first kappa shape index (κ1) is 15.2. The van der Waals surface area contributed by atoms with Gasteiger partial charge in [0.15, 0.2) is 0 Å². The highest BCUT2D eigenvalue weighted by Crippen LogP contribution is 2.41. The van der Waals surface area contributed by atoms with Gasteiger partial charge < -0.3 is 9.47 Å². The van der Waals surface area contributed by atoms with Crippen LogP contribution in [0.3, 0.4) is 0 Å². The van der Waals surface area contributed by atoms with Gasteiger partial charge in [-0.15, -0.1) is 0 Å². The first-order valence-electron chi connectivity index (χ1n) is 7.27. The predicted molar refractivity (Wildman–Crippen MR) is 78.3 cm³/mol. The Morgan fingerprint density at radius 2 is 2.29 bits per heavy atom. The monoisotopic (exact) mass is 314 g/mol. The van der Waals surface area contributed by atoms with Crippen molar-refractivity contribution in [3.8, 4) is 0 Å². The van der Waals surface area contributed by atoms with Crippen LogP contribution in [0.2, 0.25) is 5.02 Å². The van der Waals surface area contributed by atoms with Gasteiger partial charge in [-0.3, -0.25) is 11.3 Å². The Kier molecular flexibility index (Phi) is 4.47. The van der Waals surface area contributed by atoms with Crippen LogP contribution in [-0.4, -0.2) is 25.4 Å². The lowest BCUT2D eigenvalue weighted by Crippen LogP contribution is -2.45. The predicted octanol–water partition coefficient (Wildman–Crippen LogP) is 2.57. The van der Waals surface area contributed by atoms with Crippen LogP contribution in [0.15, 0.2) is 18.2 Å².